The third kappa shape index (κ3) is 6.37. The van der Waals surface area contributed by atoms with Crippen LogP contribution in [0.2, 0.25) is 0 Å². The molecule has 0 unspecified atom stereocenters. The number of halogens is 2. The number of H-pyrrole nitrogens is 1. The van der Waals surface area contributed by atoms with Gasteiger partial charge in [0.2, 0.25) is 0 Å². The first-order valence-corrected chi connectivity index (χ1v) is 14.4. The van der Waals surface area contributed by atoms with Crippen molar-refractivity contribution in [3.63, 3.8) is 0 Å². The van der Waals surface area contributed by atoms with Crippen LogP contribution in [0.1, 0.15) is 30.1 Å². The highest BCUT2D eigenvalue weighted by Gasteiger charge is 2.22. The fourth-order valence-corrected chi connectivity index (χ4v) is 5.00. The van der Waals surface area contributed by atoms with Gasteiger partial charge in [-0.3, -0.25) is 23.6 Å². The van der Waals surface area contributed by atoms with Crippen LogP contribution in [0, 0.1) is 11.6 Å². The average molecular weight is 606 g/mol. The zero-order valence-electron chi connectivity index (χ0n) is 24.5. The molecule has 11 nitrogen and oxygen atoms in total. The van der Waals surface area contributed by atoms with Gasteiger partial charge in [-0.05, 0) is 55.4 Å². The maximum absolute atomic E-state index is 14.0. The molecule has 0 radical (unpaired) electrons. The molecular formula is C31H33F2N7O4. The number of hydrogen-bond acceptors (Lipinski definition) is 7. The van der Waals surface area contributed by atoms with Gasteiger partial charge < -0.3 is 14.6 Å². The number of hydrogen-bond donors (Lipinski definition) is 1. The van der Waals surface area contributed by atoms with Crippen LogP contribution in [0.5, 0.6) is 0 Å². The second kappa shape index (κ2) is 13.6. The highest BCUT2D eigenvalue weighted by molar-refractivity contribution is 6.05. The van der Waals surface area contributed by atoms with E-state index in [0.29, 0.717) is 43.1 Å². The molecule has 3 aromatic heterocycles. The lowest BCUT2D eigenvalue weighted by atomic mass is 10.1. The number of pyridine rings is 1. The molecule has 0 saturated carbocycles. The van der Waals surface area contributed by atoms with Gasteiger partial charge in [0, 0.05) is 50.6 Å². The van der Waals surface area contributed by atoms with Crippen molar-refractivity contribution in [2.75, 3.05) is 38.3 Å². The number of imidazole rings is 1. The summed E-state index contributed by atoms with van der Waals surface area (Å²) in [5, 5.41) is 0. The minimum Gasteiger partial charge on any atom is -0.383 e. The molecule has 0 saturated heterocycles. The number of aryl methyl sites for hydroxylation is 1. The van der Waals surface area contributed by atoms with Crippen molar-refractivity contribution < 1.29 is 18.3 Å². The Morgan fingerprint density at radius 1 is 1.07 bits per heavy atom. The van der Waals surface area contributed by atoms with Crippen molar-refractivity contribution in [3.05, 3.63) is 99.0 Å². The standard InChI is InChI=1S/C31H33F2N7O4/c1-3-12-39-28-26(30(42)40(31(39)43)17-18-44-2)35-27(36-28)22-9-11-25(34-20-22)38(16-7-15-37-13-5-4-6-14-37)29(41)21-8-10-23(32)24(33)19-21/h4-6,8-11,13,19-20H,3,7,12,14-18H2,1-2H3,(H,35,36). The van der Waals surface area contributed by atoms with Crippen molar-refractivity contribution in [1.29, 1.82) is 0 Å². The van der Waals surface area contributed by atoms with E-state index in [1.165, 1.54) is 28.8 Å². The Morgan fingerprint density at radius 2 is 1.91 bits per heavy atom. The summed E-state index contributed by atoms with van der Waals surface area (Å²) in [5.41, 5.74) is -0.0213. The van der Waals surface area contributed by atoms with E-state index in [1.807, 2.05) is 31.4 Å². The maximum atomic E-state index is 14.0. The Morgan fingerprint density at radius 3 is 2.59 bits per heavy atom. The summed E-state index contributed by atoms with van der Waals surface area (Å²) >= 11 is 0. The van der Waals surface area contributed by atoms with Crippen LogP contribution in [0.3, 0.4) is 0 Å². The van der Waals surface area contributed by atoms with Gasteiger partial charge in [0.25, 0.3) is 11.5 Å². The molecule has 1 aliphatic rings. The second-order valence-corrected chi connectivity index (χ2v) is 10.3. The Balaban J connectivity index is 1.46. The summed E-state index contributed by atoms with van der Waals surface area (Å²) in [7, 11) is 1.50. The number of aromatic amines is 1. The minimum absolute atomic E-state index is 0.00786. The Bertz CT molecular complexity index is 1830. The van der Waals surface area contributed by atoms with E-state index in [9.17, 15) is 23.2 Å². The molecule has 1 N–H and O–H groups in total. The van der Waals surface area contributed by atoms with E-state index < -0.39 is 28.8 Å². The number of ether oxygens (including phenoxy) is 1. The van der Waals surface area contributed by atoms with Crippen LogP contribution < -0.4 is 16.1 Å². The smallest absolute Gasteiger partial charge is 0.332 e. The van der Waals surface area contributed by atoms with Crippen molar-refractivity contribution in [2.45, 2.75) is 32.9 Å². The molecule has 13 heteroatoms. The Labute approximate surface area is 251 Å². The van der Waals surface area contributed by atoms with Crippen molar-refractivity contribution in [2.24, 2.45) is 0 Å². The van der Waals surface area contributed by atoms with Gasteiger partial charge in [0.1, 0.15) is 17.2 Å². The van der Waals surface area contributed by atoms with Crippen molar-refractivity contribution in [1.82, 2.24) is 29.0 Å². The number of nitrogens with one attached hydrogen (secondary N) is 1. The number of nitrogens with zero attached hydrogens (tertiary/aromatic N) is 6. The number of fused-ring (bicyclic) bond motifs is 1. The number of rotatable bonds is 12. The first-order chi connectivity index (χ1) is 21.3. The summed E-state index contributed by atoms with van der Waals surface area (Å²) in [6, 6.07) is 6.35. The normalized spacial score (nSPS) is 12.8. The second-order valence-electron chi connectivity index (χ2n) is 10.3. The van der Waals surface area contributed by atoms with Crippen molar-refractivity contribution in [3.8, 4) is 11.4 Å². The molecule has 0 bridgehead atoms. The summed E-state index contributed by atoms with van der Waals surface area (Å²) < 4.78 is 35.2. The number of carbonyl (C=O) groups excluding carboxylic acids is 1. The number of aromatic nitrogens is 5. The SMILES string of the molecule is CCCn1c(=O)n(CCOC)c(=O)c2[nH]c(-c3ccc(N(CCCN4C=CC=CC4)C(=O)c4ccc(F)c(F)c4)nc3)nc21. The van der Waals surface area contributed by atoms with E-state index in [-0.39, 0.29) is 36.4 Å². The van der Waals surface area contributed by atoms with Crippen LogP contribution in [0.4, 0.5) is 14.6 Å². The predicted molar refractivity (Wildman–Crippen MR) is 163 cm³/mol. The number of carbonyl (C=O) groups is 1. The van der Waals surface area contributed by atoms with E-state index in [2.05, 4.69) is 19.9 Å². The van der Waals surface area contributed by atoms with Gasteiger partial charge in [-0.25, -0.2) is 23.5 Å². The molecule has 5 rings (SSSR count). The predicted octanol–water partition coefficient (Wildman–Crippen LogP) is 3.71. The largest absolute Gasteiger partial charge is 0.383 e. The number of allylic oxidation sites excluding steroid dienone is 2. The molecule has 0 atom stereocenters. The van der Waals surface area contributed by atoms with Gasteiger partial charge in [-0.15, -0.1) is 0 Å². The van der Waals surface area contributed by atoms with Gasteiger partial charge in [0.05, 0.1) is 13.2 Å². The molecule has 1 amide bonds. The third-order valence-electron chi connectivity index (χ3n) is 7.25. The fourth-order valence-electron chi connectivity index (χ4n) is 5.00. The van der Waals surface area contributed by atoms with E-state index in [0.717, 1.165) is 23.2 Å². The highest BCUT2D eigenvalue weighted by Crippen LogP contribution is 2.23. The molecule has 4 heterocycles. The van der Waals surface area contributed by atoms with Crippen LogP contribution in [0.15, 0.2) is 70.5 Å². The number of amides is 1. The molecule has 1 aliphatic heterocycles. The van der Waals surface area contributed by atoms with E-state index in [1.54, 1.807) is 12.1 Å². The summed E-state index contributed by atoms with van der Waals surface area (Å²) in [6.45, 7) is 4.28. The average Bonchev–Trinajstić information content (AvgIpc) is 3.49. The van der Waals surface area contributed by atoms with Gasteiger partial charge in [-0.1, -0.05) is 19.1 Å². The molecule has 230 valence electrons. The lowest BCUT2D eigenvalue weighted by Crippen LogP contribution is -2.41. The molecule has 1 aromatic carbocycles. The summed E-state index contributed by atoms with van der Waals surface area (Å²) in [4.78, 5) is 55.4. The summed E-state index contributed by atoms with van der Waals surface area (Å²) in [6.07, 6.45) is 10.6. The molecular weight excluding hydrogens is 572 g/mol. The molecule has 44 heavy (non-hydrogen) atoms. The zero-order chi connectivity index (χ0) is 31.2. The molecule has 0 fully saturated rings. The van der Waals surface area contributed by atoms with E-state index in [4.69, 9.17) is 4.74 Å². The first-order valence-electron chi connectivity index (χ1n) is 14.4. The van der Waals surface area contributed by atoms with Crippen LogP contribution >= 0.6 is 0 Å². The molecule has 0 spiro atoms. The highest BCUT2D eigenvalue weighted by atomic mass is 19.2. The zero-order valence-corrected chi connectivity index (χ0v) is 24.5. The van der Waals surface area contributed by atoms with E-state index >= 15 is 0 Å². The fraction of sp³-hybridized carbons (Fsp3) is 0.323. The van der Waals surface area contributed by atoms with Gasteiger partial charge in [0.15, 0.2) is 17.3 Å². The maximum Gasteiger partial charge on any atom is 0.332 e. The minimum atomic E-state index is -1.11. The molecule has 4 aromatic rings. The first kappa shape index (κ1) is 30.5. The topological polar surface area (TPSA) is 118 Å². The quantitative estimate of drug-likeness (QED) is 0.262. The Kier molecular flexibility index (Phi) is 9.44. The Hall–Kier alpha value is -4.91. The van der Waals surface area contributed by atoms with Gasteiger partial charge in [-0.2, -0.15) is 0 Å². The lowest BCUT2D eigenvalue weighted by Gasteiger charge is -2.25. The van der Waals surface area contributed by atoms with Gasteiger partial charge >= 0.3 is 5.69 Å². The number of anilines is 1. The van der Waals surface area contributed by atoms with Crippen LogP contribution in [-0.4, -0.2) is 68.2 Å². The summed E-state index contributed by atoms with van der Waals surface area (Å²) in [5.74, 6) is -2.05. The lowest BCUT2D eigenvalue weighted by molar-refractivity contribution is 0.0984. The molecule has 0 aliphatic carbocycles. The van der Waals surface area contributed by atoms with Crippen molar-refractivity contribution >= 4 is 22.9 Å². The monoisotopic (exact) mass is 605 g/mol. The van der Waals surface area contributed by atoms with Crippen LogP contribution in [0.25, 0.3) is 22.6 Å². The van der Waals surface area contributed by atoms with Crippen LogP contribution in [-0.2, 0) is 17.8 Å². The number of benzene rings is 1. The third-order valence-corrected chi connectivity index (χ3v) is 7.25. The number of methoxy groups -OCH3 is 1.